The Morgan fingerprint density at radius 3 is 1.87 bits per heavy atom. The third-order valence-corrected chi connectivity index (χ3v) is 1.19. The van der Waals surface area contributed by atoms with Crippen molar-refractivity contribution >= 4 is 22.1 Å². The van der Waals surface area contributed by atoms with Crippen LogP contribution in [0.4, 0.5) is 5.69 Å². The summed E-state index contributed by atoms with van der Waals surface area (Å²) in [5.74, 6) is -0.988. The number of nitrogens with two attached hydrogens (primary N) is 1. The molecule has 1 rings (SSSR count). The Hall–Kier alpha value is -1.64. The number of hydrogen-bond donors (Lipinski definition) is 4. The zero-order valence-electron chi connectivity index (χ0n) is 7.36. The number of carboxylic acids is 1. The van der Waals surface area contributed by atoms with E-state index in [1.165, 1.54) is 6.07 Å². The van der Waals surface area contributed by atoms with Crippen LogP contribution < -0.4 is 5.73 Å². The predicted molar refractivity (Wildman–Crippen MR) is 52.0 cm³/mol. The van der Waals surface area contributed by atoms with Crippen LogP contribution in [-0.2, 0) is 10.4 Å². The minimum Gasteiger partial charge on any atom is -0.478 e. The molecule has 15 heavy (non-hydrogen) atoms. The highest BCUT2D eigenvalue weighted by Crippen LogP contribution is 2.08. The molecule has 1 aromatic rings. The first-order valence-electron chi connectivity index (χ1n) is 3.49. The molecule has 0 aromatic heterocycles. The number of nitrogen functional groups attached to an aromatic ring is 1. The van der Waals surface area contributed by atoms with Gasteiger partial charge in [-0.3, -0.25) is 9.11 Å². The molecule has 8 heteroatoms. The fourth-order valence-corrected chi connectivity index (χ4v) is 0.692. The van der Waals surface area contributed by atoms with Gasteiger partial charge in [0.2, 0.25) is 0 Å². The van der Waals surface area contributed by atoms with Crippen molar-refractivity contribution in [1.29, 1.82) is 0 Å². The zero-order valence-corrected chi connectivity index (χ0v) is 8.18. The summed E-state index contributed by atoms with van der Waals surface area (Å²) in [5.41, 5.74) is 5.80. The molecule has 0 amide bonds. The molecule has 0 aliphatic carbocycles. The molecule has 0 unspecified atom stereocenters. The van der Waals surface area contributed by atoms with Crippen molar-refractivity contribution in [2.45, 2.75) is 0 Å². The number of benzene rings is 1. The van der Waals surface area contributed by atoms with E-state index in [0.29, 0.717) is 5.69 Å². The van der Waals surface area contributed by atoms with Gasteiger partial charge < -0.3 is 10.8 Å². The van der Waals surface area contributed by atoms with Crippen LogP contribution in [0.25, 0.3) is 0 Å². The van der Waals surface area contributed by atoms with Crippen LogP contribution in [0.3, 0.4) is 0 Å². The third kappa shape index (κ3) is 7.43. The molecule has 0 bridgehead atoms. The first-order valence-corrected chi connectivity index (χ1v) is 4.89. The Labute approximate surface area is 85.7 Å². The van der Waals surface area contributed by atoms with Crippen molar-refractivity contribution in [3.8, 4) is 0 Å². The number of aromatic carboxylic acids is 1. The highest BCUT2D eigenvalue weighted by atomic mass is 32.3. The van der Waals surface area contributed by atoms with Gasteiger partial charge in [-0.05, 0) is 12.1 Å². The molecule has 0 saturated carbocycles. The zero-order chi connectivity index (χ0) is 12.1. The van der Waals surface area contributed by atoms with Gasteiger partial charge in [-0.15, -0.1) is 0 Å². The van der Waals surface area contributed by atoms with Gasteiger partial charge in [-0.25, -0.2) is 4.79 Å². The Kier molecular flexibility index (Phi) is 4.71. The molecule has 0 heterocycles. The first-order chi connectivity index (χ1) is 6.72. The molecule has 7 nitrogen and oxygen atoms in total. The minimum atomic E-state index is -4.67. The number of anilines is 1. The normalized spacial score (nSPS) is 10.0. The molecule has 0 aliphatic heterocycles. The molecule has 0 saturated heterocycles. The highest BCUT2D eigenvalue weighted by molar-refractivity contribution is 7.79. The maximum atomic E-state index is 10.3. The van der Waals surface area contributed by atoms with Crippen LogP contribution in [0.5, 0.6) is 0 Å². The van der Waals surface area contributed by atoms with Gasteiger partial charge in [-0.1, -0.05) is 12.1 Å². The van der Waals surface area contributed by atoms with Gasteiger partial charge >= 0.3 is 16.4 Å². The van der Waals surface area contributed by atoms with Crippen LogP contribution in [0.15, 0.2) is 24.3 Å². The molecule has 84 valence electrons. The van der Waals surface area contributed by atoms with Crippen molar-refractivity contribution < 1.29 is 27.4 Å². The molecular weight excluding hydrogens is 226 g/mol. The minimum absolute atomic E-state index is 0.155. The van der Waals surface area contributed by atoms with Crippen LogP contribution >= 0.6 is 0 Å². The lowest BCUT2D eigenvalue weighted by molar-refractivity contribution is 0.0698. The van der Waals surface area contributed by atoms with E-state index in [4.69, 9.17) is 28.4 Å². The van der Waals surface area contributed by atoms with Crippen LogP contribution in [-0.4, -0.2) is 28.6 Å². The van der Waals surface area contributed by atoms with Gasteiger partial charge in [0.15, 0.2) is 0 Å². The van der Waals surface area contributed by atoms with Gasteiger partial charge in [0.1, 0.15) is 0 Å². The van der Waals surface area contributed by atoms with Gasteiger partial charge in [0, 0.05) is 5.69 Å². The summed E-state index contributed by atoms with van der Waals surface area (Å²) in [6.07, 6.45) is 0. The van der Waals surface area contributed by atoms with E-state index >= 15 is 0 Å². The fourth-order valence-electron chi connectivity index (χ4n) is 0.692. The largest absolute Gasteiger partial charge is 0.478 e. The lowest BCUT2D eigenvalue weighted by atomic mass is 10.2. The average Bonchev–Trinajstić information content (AvgIpc) is 2.01. The molecule has 0 fully saturated rings. The Morgan fingerprint density at radius 1 is 1.20 bits per heavy atom. The van der Waals surface area contributed by atoms with E-state index in [-0.39, 0.29) is 5.56 Å². The summed E-state index contributed by atoms with van der Waals surface area (Å²) in [7, 11) is -4.67. The van der Waals surface area contributed by atoms with E-state index in [1.807, 2.05) is 0 Å². The summed E-state index contributed by atoms with van der Waals surface area (Å²) in [6.45, 7) is 0. The van der Waals surface area contributed by atoms with Gasteiger partial charge in [-0.2, -0.15) is 8.42 Å². The van der Waals surface area contributed by atoms with E-state index in [1.54, 1.807) is 18.2 Å². The van der Waals surface area contributed by atoms with Crippen molar-refractivity contribution in [2.24, 2.45) is 0 Å². The number of rotatable bonds is 1. The monoisotopic (exact) mass is 235 g/mol. The number of hydrogen-bond acceptors (Lipinski definition) is 4. The molecule has 0 radical (unpaired) electrons. The molecule has 0 aliphatic rings. The first kappa shape index (κ1) is 13.4. The second-order valence-electron chi connectivity index (χ2n) is 2.34. The molecule has 0 spiro atoms. The van der Waals surface area contributed by atoms with Crippen LogP contribution in [0.1, 0.15) is 10.4 Å². The molecular formula is C7H9NO6S. The lowest BCUT2D eigenvalue weighted by Gasteiger charge is -1.96. The van der Waals surface area contributed by atoms with E-state index < -0.39 is 16.4 Å². The van der Waals surface area contributed by atoms with Crippen molar-refractivity contribution in [2.75, 3.05) is 5.73 Å². The Balaban J connectivity index is 0.000000336. The average molecular weight is 235 g/mol. The SMILES string of the molecule is Nc1ccccc1C(=O)O.O=S(=O)(O)O. The third-order valence-electron chi connectivity index (χ3n) is 1.19. The number of para-hydroxylation sites is 1. The topological polar surface area (TPSA) is 138 Å². The summed E-state index contributed by atoms with van der Waals surface area (Å²) < 4.78 is 31.6. The van der Waals surface area contributed by atoms with Crippen LogP contribution in [0, 0.1) is 0 Å². The highest BCUT2D eigenvalue weighted by Gasteiger charge is 2.03. The Bertz CT molecular complexity index is 433. The summed E-state index contributed by atoms with van der Waals surface area (Å²) in [4.78, 5) is 10.3. The van der Waals surface area contributed by atoms with E-state index in [0.717, 1.165) is 0 Å². The fraction of sp³-hybridized carbons (Fsp3) is 0. The molecule has 1 aromatic carbocycles. The standard InChI is InChI=1S/C7H7NO2.H2O4S/c8-6-4-2-1-3-5(6)7(9)10;1-5(2,3)4/h1-4H,8H2,(H,9,10);(H2,1,2,3,4). The number of carbonyl (C=O) groups is 1. The maximum Gasteiger partial charge on any atom is 0.394 e. The molecule has 0 atom stereocenters. The predicted octanol–water partition coefficient (Wildman–Crippen LogP) is 0.314. The summed E-state index contributed by atoms with van der Waals surface area (Å²) >= 11 is 0. The smallest absolute Gasteiger partial charge is 0.394 e. The van der Waals surface area contributed by atoms with Crippen molar-refractivity contribution in [3.05, 3.63) is 29.8 Å². The van der Waals surface area contributed by atoms with Crippen molar-refractivity contribution in [1.82, 2.24) is 0 Å². The maximum absolute atomic E-state index is 10.3. The summed E-state index contributed by atoms with van der Waals surface area (Å²) in [5, 5.41) is 8.49. The quantitative estimate of drug-likeness (QED) is 0.406. The lowest BCUT2D eigenvalue weighted by Crippen LogP contribution is -2.00. The van der Waals surface area contributed by atoms with Gasteiger partial charge in [0.25, 0.3) is 0 Å². The second-order valence-corrected chi connectivity index (χ2v) is 3.24. The van der Waals surface area contributed by atoms with Crippen molar-refractivity contribution in [3.63, 3.8) is 0 Å². The van der Waals surface area contributed by atoms with Crippen LogP contribution in [0.2, 0.25) is 0 Å². The van der Waals surface area contributed by atoms with E-state index in [2.05, 4.69) is 0 Å². The van der Waals surface area contributed by atoms with E-state index in [9.17, 15) is 4.79 Å². The second kappa shape index (κ2) is 5.29. The number of carboxylic acid groups (broad SMARTS) is 1. The molecule has 5 N–H and O–H groups in total. The summed E-state index contributed by atoms with van der Waals surface area (Å²) in [6, 6.07) is 6.36. The van der Waals surface area contributed by atoms with Gasteiger partial charge in [0.05, 0.1) is 5.56 Å². The Morgan fingerprint density at radius 2 is 1.60 bits per heavy atom.